The molecule has 0 aliphatic rings. The van der Waals surface area contributed by atoms with E-state index in [-0.39, 0.29) is 6.61 Å². The van der Waals surface area contributed by atoms with Crippen LogP contribution in [0.1, 0.15) is 37.7 Å². The SMILES string of the molecule is COc1ccc(NCCCCOC(C(=O)NCCCCCc2ccc3ccccc3c2)C(OCC(=O)O)C(=O)O)cc1OC. The Labute approximate surface area is 257 Å². The topological polar surface area (TPSA) is 153 Å². The fourth-order valence-electron chi connectivity index (χ4n) is 4.70. The molecule has 44 heavy (non-hydrogen) atoms. The summed E-state index contributed by atoms with van der Waals surface area (Å²) in [5, 5.41) is 27.0. The standard InChI is InChI=1S/C33H42N2O9/c1-41-27-16-15-26(21-28(27)42-2)34-17-8-9-19-43-30(31(33(39)40)44-22-29(36)37)32(38)35-18-7-3-4-10-23-13-14-24-11-5-6-12-25(24)20-23/h5-6,11-16,20-21,30-31,34H,3-4,7-10,17-19,22H2,1-2H3,(H,35,38)(H,36,37)(H,39,40). The van der Waals surface area contributed by atoms with Crippen molar-refractivity contribution in [1.29, 1.82) is 0 Å². The number of aryl methyl sites for hydroxylation is 1. The average molecular weight is 611 g/mol. The third kappa shape index (κ3) is 11.1. The molecular formula is C33H42N2O9. The number of ether oxygens (including phenoxy) is 4. The van der Waals surface area contributed by atoms with Gasteiger partial charge in [-0.3, -0.25) is 4.79 Å². The van der Waals surface area contributed by atoms with Gasteiger partial charge in [0.05, 0.1) is 14.2 Å². The predicted octanol–water partition coefficient (Wildman–Crippen LogP) is 4.52. The molecule has 11 nitrogen and oxygen atoms in total. The number of benzene rings is 3. The highest BCUT2D eigenvalue weighted by molar-refractivity contribution is 5.88. The van der Waals surface area contributed by atoms with Crippen LogP contribution in [0, 0.1) is 0 Å². The molecule has 0 aromatic heterocycles. The van der Waals surface area contributed by atoms with Crippen molar-refractivity contribution in [1.82, 2.24) is 5.32 Å². The van der Waals surface area contributed by atoms with Crippen LogP contribution in [0.25, 0.3) is 10.8 Å². The van der Waals surface area contributed by atoms with Crippen molar-refractivity contribution in [2.45, 2.75) is 50.7 Å². The van der Waals surface area contributed by atoms with Gasteiger partial charge in [-0.25, -0.2) is 9.59 Å². The second-order valence-electron chi connectivity index (χ2n) is 10.2. The first-order chi connectivity index (χ1) is 21.3. The van der Waals surface area contributed by atoms with Crippen LogP contribution in [0.4, 0.5) is 5.69 Å². The number of hydrogen-bond donors (Lipinski definition) is 4. The molecule has 0 saturated heterocycles. The Balaban J connectivity index is 1.44. The molecule has 0 radical (unpaired) electrons. The number of carbonyl (C=O) groups is 3. The van der Waals surface area contributed by atoms with E-state index in [4.69, 9.17) is 24.1 Å². The zero-order valence-electron chi connectivity index (χ0n) is 25.3. The Bertz CT molecular complexity index is 1360. The fourth-order valence-corrected chi connectivity index (χ4v) is 4.70. The number of aliphatic carboxylic acids is 2. The van der Waals surface area contributed by atoms with E-state index in [1.54, 1.807) is 20.3 Å². The Hall–Kier alpha value is -4.35. The van der Waals surface area contributed by atoms with Crippen LogP contribution in [0.15, 0.2) is 60.7 Å². The van der Waals surface area contributed by atoms with Crippen molar-refractivity contribution < 1.29 is 43.5 Å². The molecule has 0 spiro atoms. The van der Waals surface area contributed by atoms with Crippen LogP contribution in [0.3, 0.4) is 0 Å². The summed E-state index contributed by atoms with van der Waals surface area (Å²) in [6.45, 7) is 0.134. The number of nitrogens with one attached hydrogen (secondary N) is 2. The number of amides is 1. The molecule has 0 bridgehead atoms. The molecule has 4 N–H and O–H groups in total. The number of carboxylic acids is 2. The van der Waals surface area contributed by atoms with Crippen molar-refractivity contribution in [3.63, 3.8) is 0 Å². The van der Waals surface area contributed by atoms with E-state index in [2.05, 4.69) is 41.0 Å². The van der Waals surface area contributed by atoms with Gasteiger partial charge in [-0.2, -0.15) is 0 Å². The summed E-state index contributed by atoms with van der Waals surface area (Å²) in [5.74, 6) is -2.25. The number of hydrogen-bond acceptors (Lipinski definition) is 8. The first-order valence-corrected chi connectivity index (χ1v) is 14.7. The minimum atomic E-state index is -1.76. The summed E-state index contributed by atoms with van der Waals surface area (Å²) >= 11 is 0. The van der Waals surface area contributed by atoms with E-state index in [1.165, 1.54) is 16.3 Å². The molecule has 3 aromatic carbocycles. The van der Waals surface area contributed by atoms with Gasteiger partial charge in [0, 0.05) is 31.5 Å². The van der Waals surface area contributed by atoms with Gasteiger partial charge in [0.1, 0.15) is 6.61 Å². The minimum Gasteiger partial charge on any atom is -0.493 e. The molecule has 2 unspecified atom stereocenters. The maximum absolute atomic E-state index is 13.0. The highest BCUT2D eigenvalue weighted by Gasteiger charge is 2.36. The summed E-state index contributed by atoms with van der Waals surface area (Å²) in [6, 6.07) is 20.1. The summed E-state index contributed by atoms with van der Waals surface area (Å²) in [6.07, 6.45) is 1.33. The van der Waals surface area contributed by atoms with Crippen LogP contribution < -0.4 is 20.1 Å². The second kappa shape index (κ2) is 18.3. The van der Waals surface area contributed by atoms with Gasteiger partial charge in [0.2, 0.25) is 0 Å². The predicted molar refractivity (Wildman–Crippen MR) is 167 cm³/mol. The number of rotatable bonds is 21. The number of methoxy groups -OCH3 is 2. The Morgan fingerprint density at radius 2 is 1.50 bits per heavy atom. The smallest absolute Gasteiger partial charge is 0.336 e. The lowest BCUT2D eigenvalue weighted by Crippen LogP contribution is -2.49. The van der Waals surface area contributed by atoms with Crippen LogP contribution >= 0.6 is 0 Å². The van der Waals surface area contributed by atoms with Gasteiger partial charge in [0.15, 0.2) is 23.7 Å². The van der Waals surface area contributed by atoms with Gasteiger partial charge in [-0.15, -0.1) is 0 Å². The zero-order chi connectivity index (χ0) is 31.7. The molecule has 3 aromatic rings. The Kier molecular flexibility index (Phi) is 14.2. The molecule has 2 atom stereocenters. The van der Waals surface area contributed by atoms with E-state index in [1.807, 2.05) is 24.3 Å². The number of anilines is 1. The van der Waals surface area contributed by atoms with Crippen molar-refractivity contribution in [3.8, 4) is 11.5 Å². The van der Waals surface area contributed by atoms with E-state index in [0.717, 1.165) is 24.9 Å². The molecule has 11 heteroatoms. The lowest BCUT2D eigenvalue weighted by molar-refractivity contribution is -0.172. The average Bonchev–Trinajstić information content (AvgIpc) is 3.02. The van der Waals surface area contributed by atoms with E-state index < -0.39 is 36.7 Å². The monoisotopic (exact) mass is 610 g/mol. The maximum Gasteiger partial charge on any atom is 0.336 e. The first-order valence-electron chi connectivity index (χ1n) is 14.7. The third-order valence-corrected chi connectivity index (χ3v) is 7.00. The number of fused-ring (bicyclic) bond motifs is 1. The second-order valence-corrected chi connectivity index (χ2v) is 10.2. The van der Waals surface area contributed by atoms with Crippen LogP contribution in [-0.2, 0) is 30.3 Å². The maximum atomic E-state index is 13.0. The number of carbonyl (C=O) groups excluding carboxylic acids is 1. The summed E-state index contributed by atoms with van der Waals surface area (Å²) in [7, 11) is 3.12. The van der Waals surface area contributed by atoms with Crippen molar-refractivity contribution in [3.05, 3.63) is 66.2 Å². The van der Waals surface area contributed by atoms with E-state index in [9.17, 15) is 19.5 Å². The van der Waals surface area contributed by atoms with Gasteiger partial charge in [0.25, 0.3) is 5.91 Å². The van der Waals surface area contributed by atoms with Crippen LogP contribution in [0.2, 0.25) is 0 Å². The highest BCUT2D eigenvalue weighted by Crippen LogP contribution is 2.29. The highest BCUT2D eigenvalue weighted by atomic mass is 16.6. The molecule has 0 fully saturated rings. The molecule has 0 heterocycles. The number of carboxylic acid groups (broad SMARTS) is 2. The Morgan fingerprint density at radius 3 is 2.23 bits per heavy atom. The molecule has 238 valence electrons. The molecule has 0 aliphatic heterocycles. The molecule has 0 saturated carbocycles. The van der Waals surface area contributed by atoms with Crippen LogP contribution in [0.5, 0.6) is 11.5 Å². The summed E-state index contributed by atoms with van der Waals surface area (Å²) in [4.78, 5) is 35.8. The van der Waals surface area contributed by atoms with Gasteiger partial charge in [-0.05, 0) is 60.6 Å². The lowest BCUT2D eigenvalue weighted by atomic mass is 10.0. The normalized spacial score (nSPS) is 12.3. The third-order valence-electron chi connectivity index (χ3n) is 7.00. The fraction of sp³-hybridized carbons (Fsp3) is 0.424. The number of unbranched alkanes of at least 4 members (excludes halogenated alkanes) is 3. The minimum absolute atomic E-state index is 0.0810. The van der Waals surface area contributed by atoms with Gasteiger partial charge < -0.3 is 39.8 Å². The summed E-state index contributed by atoms with van der Waals surface area (Å²) < 4.78 is 21.3. The van der Waals surface area contributed by atoms with E-state index >= 15 is 0 Å². The lowest BCUT2D eigenvalue weighted by Gasteiger charge is -2.23. The Morgan fingerprint density at radius 1 is 0.750 bits per heavy atom. The molecule has 3 rings (SSSR count). The van der Waals surface area contributed by atoms with Crippen LogP contribution in [-0.4, -0.2) is 80.8 Å². The van der Waals surface area contributed by atoms with Crippen molar-refractivity contribution >= 4 is 34.3 Å². The molecule has 1 amide bonds. The molecular weight excluding hydrogens is 568 g/mol. The van der Waals surface area contributed by atoms with Crippen molar-refractivity contribution in [2.75, 3.05) is 45.8 Å². The largest absolute Gasteiger partial charge is 0.493 e. The van der Waals surface area contributed by atoms with Gasteiger partial charge >= 0.3 is 11.9 Å². The van der Waals surface area contributed by atoms with Crippen molar-refractivity contribution in [2.24, 2.45) is 0 Å². The summed E-state index contributed by atoms with van der Waals surface area (Å²) in [5.41, 5.74) is 2.09. The van der Waals surface area contributed by atoms with Gasteiger partial charge in [-0.1, -0.05) is 48.9 Å². The zero-order valence-corrected chi connectivity index (χ0v) is 25.3. The quantitative estimate of drug-likeness (QED) is 0.127. The first kappa shape index (κ1) is 34.1. The van der Waals surface area contributed by atoms with E-state index in [0.29, 0.717) is 43.9 Å². The molecule has 0 aliphatic carbocycles.